The third kappa shape index (κ3) is 1.98. The van der Waals surface area contributed by atoms with Crippen LogP contribution in [0.4, 0.5) is 0 Å². The topological polar surface area (TPSA) is 80.9 Å². The summed E-state index contributed by atoms with van der Waals surface area (Å²) >= 11 is 0. The second-order valence-corrected chi connectivity index (χ2v) is 8.63. The highest BCUT2D eigenvalue weighted by atomic mass is 16.3. The Morgan fingerprint density at radius 2 is 1.78 bits per heavy atom. The molecule has 0 heterocycles. The molecule has 0 bridgehead atoms. The molecular weight excluding hydrogens is 292 g/mol. The SMILES string of the molecule is C[C@]12CCC3=C([C@@H](O)C[C@@H]4C[C@@H](O)C=C[C@]34C)[C@@H]1C[C@@H](O)[C@@H]2O. The van der Waals surface area contributed by atoms with Crippen LogP contribution in [-0.2, 0) is 0 Å². The Bertz CT molecular complexity index is 582. The summed E-state index contributed by atoms with van der Waals surface area (Å²) < 4.78 is 0. The highest BCUT2D eigenvalue weighted by Gasteiger charge is 2.58. The standard InChI is InChI=1S/C19H28O4/c1-18-5-3-11(20)7-10(18)8-14(21)16-12(18)4-6-19(2)13(16)9-15(22)17(19)23/h3,5,10-11,13-15,17,20-23H,4,6-9H2,1-2H3/t10-,11-,13-,14-,15+,17-,18-,19-/m0/s1. The summed E-state index contributed by atoms with van der Waals surface area (Å²) in [7, 11) is 0. The largest absolute Gasteiger partial charge is 0.390 e. The molecule has 1 fully saturated rings. The first kappa shape index (κ1) is 15.8. The van der Waals surface area contributed by atoms with Gasteiger partial charge in [-0.2, -0.15) is 0 Å². The molecule has 0 saturated heterocycles. The number of rotatable bonds is 0. The Kier molecular flexibility index (Phi) is 3.38. The van der Waals surface area contributed by atoms with Crippen LogP contribution in [0.3, 0.4) is 0 Å². The molecule has 1 saturated carbocycles. The van der Waals surface area contributed by atoms with Crippen LogP contribution in [0.25, 0.3) is 0 Å². The molecule has 4 aliphatic rings. The van der Waals surface area contributed by atoms with Gasteiger partial charge in [0, 0.05) is 10.8 Å². The summed E-state index contributed by atoms with van der Waals surface area (Å²) in [6.07, 6.45) is 5.32. The van der Waals surface area contributed by atoms with E-state index in [4.69, 9.17) is 0 Å². The molecule has 4 N–H and O–H groups in total. The Morgan fingerprint density at radius 1 is 1.04 bits per heavy atom. The monoisotopic (exact) mass is 320 g/mol. The molecule has 0 spiro atoms. The van der Waals surface area contributed by atoms with Crippen molar-refractivity contribution in [1.29, 1.82) is 0 Å². The third-order valence-corrected chi connectivity index (χ3v) is 7.51. The number of hydrogen-bond acceptors (Lipinski definition) is 4. The van der Waals surface area contributed by atoms with Crippen molar-refractivity contribution < 1.29 is 20.4 Å². The van der Waals surface area contributed by atoms with Crippen LogP contribution in [0, 0.1) is 22.7 Å². The minimum absolute atomic E-state index is 0.0595. The van der Waals surface area contributed by atoms with E-state index in [0.29, 0.717) is 19.3 Å². The fraction of sp³-hybridized carbons (Fsp3) is 0.789. The lowest BCUT2D eigenvalue weighted by Crippen LogP contribution is -2.48. The van der Waals surface area contributed by atoms with Gasteiger partial charge in [-0.05, 0) is 49.5 Å². The molecule has 128 valence electrons. The van der Waals surface area contributed by atoms with Gasteiger partial charge >= 0.3 is 0 Å². The van der Waals surface area contributed by atoms with Gasteiger partial charge in [-0.3, -0.25) is 0 Å². The third-order valence-electron chi connectivity index (χ3n) is 7.51. The number of allylic oxidation sites excluding steroid dienone is 2. The molecule has 0 aromatic rings. The normalized spacial score (nSPS) is 55.4. The number of aliphatic hydroxyl groups is 4. The number of aliphatic hydroxyl groups excluding tert-OH is 4. The van der Waals surface area contributed by atoms with Crippen molar-refractivity contribution >= 4 is 0 Å². The van der Waals surface area contributed by atoms with Gasteiger partial charge in [0.15, 0.2) is 0 Å². The Balaban J connectivity index is 1.83. The summed E-state index contributed by atoms with van der Waals surface area (Å²) in [5.74, 6) is 0.320. The molecule has 0 amide bonds. The van der Waals surface area contributed by atoms with E-state index in [1.54, 1.807) is 0 Å². The van der Waals surface area contributed by atoms with Crippen molar-refractivity contribution in [2.24, 2.45) is 22.7 Å². The fourth-order valence-corrected chi connectivity index (χ4v) is 6.00. The molecule has 0 aromatic heterocycles. The first-order valence-electron chi connectivity index (χ1n) is 8.92. The molecule has 4 heteroatoms. The van der Waals surface area contributed by atoms with Crippen LogP contribution in [0.5, 0.6) is 0 Å². The van der Waals surface area contributed by atoms with E-state index in [9.17, 15) is 20.4 Å². The van der Waals surface area contributed by atoms with Gasteiger partial charge in [-0.1, -0.05) is 31.6 Å². The second-order valence-electron chi connectivity index (χ2n) is 8.63. The van der Waals surface area contributed by atoms with Crippen LogP contribution in [-0.4, -0.2) is 44.8 Å². The van der Waals surface area contributed by atoms with Crippen molar-refractivity contribution in [2.75, 3.05) is 0 Å². The number of hydrogen-bond donors (Lipinski definition) is 4. The molecule has 0 aromatic carbocycles. The predicted molar refractivity (Wildman–Crippen MR) is 86.5 cm³/mol. The minimum atomic E-state index is -0.706. The zero-order valence-corrected chi connectivity index (χ0v) is 13.9. The average molecular weight is 320 g/mol. The lowest BCUT2D eigenvalue weighted by Gasteiger charge is -2.53. The van der Waals surface area contributed by atoms with Crippen molar-refractivity contribution in [3.05, 3.63) is 23.3 Å². The number of fused-ring (bicyclic) bond motifs is 4. The van der Waals surface area contributed by atoms with Crippen molar-refractivity contribution in [2.45, 2.75) is 70.4 Å². The van der Waals surface area contributed by atoms with E-state index in [1.807, 2.05) is 6.08 Å². The first-order chi connectivity index (χ1) is 10.8. The summed E-state index contributed by atoms with van der Waals surface area (Å²) in [6.45, 7) is 4.29. The zero-order chi connectivity index (χ0) is 16.6. The minimum Gasteiger partial charge on any atom is -0.390 e. The Morgan fingerprint density at radius 3 is 2.52 bits per heavy atom. The molecule has 4 aliphatic carbocycles. The maximum absolute atomic E-state index is 10.9. The zero-order valence-electron chi connectivity index (χ0n) is 13.9. The van der Waals surface area contributed by atoms with Gasteiger partial charge in [0.1, 0.15) is 0 Å². The van der Waals surface area contributed by atoms with Gasteiger partial charge in [0.05, 0.1) is 24.4 Å². The van der Waals surface area contributed by atoms with Crippen molar-refractivity contribution in [3.63, 3.8) is 0 Å². The Hall–Kier alpha value is -0.680. The van der Waals surface area contributed by atoms with E-state index in [2.05, 4.69) is 19.9 Å². The van der Waals surface area contributed by atoms with E-state index in [-0.39, 0.29) is 22.7 Å². The van der Waals surface area contributed by atoms with E-state index in [1.165, 1.54) is 5.57 Å². The Labute approximate surface area is 137 Å². The summed E-state index contributed by atoms with van der Waals surface area (Å²) in [5, 5.41) is 41.5. The van der Waals surface area contributed by atoms with Gasteiger partial charge < -0.3 is 20.4 Å². The predicted octanol–water partition coefficient (Wildman–Crippen LogP) is 1.53. The van der Waals surface area contributed by atoms with Crippen molar-refractivity contribution in [3.8, 4) is 0 Å². The van der Waals surface area contributed by atoms with Crippen LogP contribution in [0.15, 0.2) is 23.3 Å². The molecule has 0 radical (unpaired) electrons. The average Bonchev–Trinajstić information content (AvgIpc) is 2.73. The molecular formula is C19H28O4. The highest BCUT2D eigenvalue weighted by Crippen LogP contribution is 2.62. The van der Waals surface area contributed by atoms with E-state index >= 15 is 0 Å². The maximum atomic E-state index is 10.9. The second kappa shape index (κ2) is 4.92. The van der Waals surface area contributed by atoms with Crippen LogP contribution < -0.4 is 0 Å². The van der Waals surface area contributed by atoms with Gasteiger partial charge in [-0.25, -0.2) is 0 Å². The van der Waals surface area contributed by atoms with Crippen LogP contribution in [0.1, 0.15) is 46.0 Å². The molecule has 0 aliphatic heterocycles. The quantitative estimate of drug-likeness (QED) is 0.510. The highest BCUT2D eigenvalue weighted by molar-refractivity contribution is 5.41. The lowest BCUT2D eigenvalue weighted by atomic mass is 9.52. The van der Waals surface area contributed by atoms with Crippen LogP contribution >= 0.6 is 0 Å². The van der Waals surface area contributed by atoms with Gasteiger partial charge in [-0.15, -0.1) is 0 Å². The molecule has 4 nitrogen and oxygen atoms in total. The molecule has 23 heavy (non-hydrogen) atoms. The smallest absolute Gasteiger partial charge is 0.0858 e. The summed E-state index contributed by atoms with van der Waals surface area (Å²) in [5.41, 5.74) is 1.94. The summed E-state index contributed by atoms with van der Waals surface area (Å²) in [6, 6.07) is 0. The van der Waals surface area contributed by atoms with Gasteiger partial charge in [0.2, 0.25) is 0 Å². The fourth-order valence-electron chi connectivity index (χ4n) is 6.00. The van der Waals surface area contributed by atoms with Gasteiger partial charge in [0.25, 0.3) is 0 Å². The maximum Gasteiger partial charge on any atom is 0.0858 e. The molecule has 0 unspecified atom stereocenters. The first-order valence-corrected chi connectivity index (χ1v) is 8.92. The lowest BCUT2D eigenvalue weighted by molar-refractivity contribution is -0.0321. The van der Waals surface area contributed by atoms with E-state index < -0.39 is 24.4 Å². The summed E-state index contributed by atoms with van der Waals surface area (Å²) in [4.78, 5) is 0. The van der Waals surface area contributed by atoms with Crippen LogP contribution in [0.2, 0.25) is 0 Å². The molecule has 8 atom stereocenters. The van der Waals surface area contributed by atoms with E-state index in [0.717, 1.165) is 18.4 Å². The van der Waals surface area contributed by atoms with Crippen molar-refractivity contribution in [1.82, 2.24) is 0 Å². The molecule has 4 rings (SSSR count).